The van der Waals surface area contributed by atoms with Crippen LogP contribution in [0.25, 0.3) is 0 Å². The molecule has 5 nitrogen and oxygen atoms in total. The van der Waals surface area contributed by atoms with Gasteiger partial charge in [0.05, 0.1) is 0 Å². The Bertz CT molecular complexity index is 270. The summed E-state index contributed by atoms with van der Waals surface area (Å²) in [4.78, 5) is 13.0. The van der Waals surface area contributed by atoms with Gasteiger partial charge in [-0.3, -0.25) is 0 Å². The molecule has 0 fully saturated rings. The van der Waals surface area contributed by atoms with Gasteiger partial charge >= 0.3 is 24.3 Å². The SMILES string of the molecule is COC(F)(F)C(F)(F)OC(F)(F)C(=O)ON. The molecule has 0 rings (SSSR count). The Balaban J connectivity index is 4.90. The van der Waals surface area contributed by atoms with E-state index in [0.29, 0.717) is 0 Å². The third-order valence-electron chi connectivity index (χ3n) is 1.20. The van der Waals surface area contributed by atoms with E-state index in [1.807, 2.05) is 0 Å². The van der Waals surface area contributed by atoms with Gasteiger partial charge in [-0.25, -0.2) is 9.53 Å². The molecule has 0 aliphatic carbocycles. The first kappa shape index (κ1) is 14.9. The van der Waals surface area contributed by atoms with Crippen LogP contribution in [0.15, 0.2) is 0 Å². The summed E-state index contributed by atoms with van der Waals surface area (Å²) in [5.41, 5.74) is 0. The van der Waals surface area contributed by atoms with Crippen molar-refractivity contribution in [3.05, 3.63) is 0 Å². The number of rotatable bonds is 5. The predicted octanol–water partition coefficient (Wildman–Crippen LogP) is 0.845. The maximum atomic E-state index is 12.4. The van der Waals surface area contributed by atoms with Crippen LogP contribution in [0.2, 0.25) is 0 Å². The quantitative estimate of drug-likeness (QED) is 0.583. The van der Waals surface area contributed by atoms with E-state index in [1.165, 1.54) is 0 Å². The third kappa shape index (κ3) is 2.96. The number of halogens is 6. The van der Waals surface area contributed by atoms with E-state index in [-0.39, 0.29) is 7.11 Å². The maximum absolute atomic E-state index is 12.4. The van der Waals surface area contributed by atoms with Crippen molar-refractivity contribution in [1.29, 1.82) is 0 Å². The van der Waals surface area contributed by atoms with Crippen molar-refractivity contribution in [3.8, 4) is 0 Å². The molecule has 0 amide bonds. The molecule has 0 spiro atoms. The molecule has 0 aromatic heterocycles. The molecule has 2 N–H and O–H groups in total. The average molecular weight is 257 g/mol. The van der Waals surface area contributed by atoms with Crippen LogP contribution in [-0.2, 0) is 19.1 Å². The van der Waals surface area contributed by atoms with Gasteiger partial charge in [0.2, 0.25) is 0 Å². The Morgan fingerprint density at radius 3 is 1.81 bits per heavy atom. The van der Waals surface area contributed by atoms with E-state index in [0.717, 1.165) is 0 Å². The maximum Gasteiger partial charge on any atom is 0.462 e. The number of methoxy groups -OCH3 is 1. The number of hydrogen-bond acceptors (Lipinski definition) is 5. The minimum absolute atomic E-state index is 0.122. The van der Waals surface area contributed by atoms with Gasteiger partial charge in [-0.1, -0.05) is 0 Å². The highest BCUT2D eigenvalue weighted by atomic mass is 19.3. The largest absolute Gasteiger partial charge is 0.462 e. The summed E-state index contributed by atoms with van der Waals surface area (Å²) in [6.07, 6.45) is -16.5. The molecule has 0 heterocycles. The third-order valence-corrected chi connectivity index (χ3v) is 1.20. The topological polar surface area (TPSA) is 70.8 Å². The van der Waals surface area contributed by atoms with Crippen molar-refractivity contribution in [2.24, 2.45) is 5.90 Å². The van der Waals surface area contributed by atoms with Gasteiger partial charge in [0.15, 0.2) is 0 Å². The lowest BCUT2D eigenvalue weighted by molar-refractivity contribution is -0.469. The normalized spacial score (nSPS) is 13.8. The van der Waals surface area contributed by atoms with Gasteiger partial charge in [-0.15, -0.1) is 0 Å². The lowest BCUT2D eigenvalue weighted by Crippen LogP contribution is -2.51. The van der Waals surface area contributed by atoms with Gasteiger partial charge in [-0.05, 0) is 0 Å². The molecular weight excluding hydrogens is 252 g/mol. The summed E-state index contributed by atoms with van der Waals surface area (Å²) >= 11 is 0. The van der Waals surface area contributed by atoms with Gasteiger partial charge in [0.1, 0.15) is 0 Å². The molecule has 0 atom stereocenters. The highest BCUT2D eigenvalue weighted by Crippen LogP contribution is 2.39. The second kappa shape index (κ2) is 4.43. The molecule has 0 bridgehead atoms. The second-order valence-electron chi connectivity index (χ2n) is 2.26. The average Bonchev–Trinajstić information content (AvgIpc) is 2.14. The van der Waals surface area contributed by atoms with Crippen LogP contribution in [0.4, 0.5) is 26.3 Å². The van der Waals surface area contributed by atoms with Crippen LogP contribution >= 0.6 is 0 Å². The summed E-state index contributed by atoms with van der Waals surface area (Å²) in [6.45, 7) is 0. The molecule has 96 valence electrons. The van der Waals surface area contributed by atoms with Crippen LogP contribution < -0.4 is 5.90 Å². The van der Waals surface area contributed by atoms with Gasteiger partial charge < -0.3 is 9.57 Å². The van der Waals surface area contributed by atoms with Crippen molar-refractivity contribution in [2.45, 2.75) is 18.3 Å². The standard InChI is InChI=1S/C5H5F6NO4/c1-14-4(8,9)5(10,11)16-3(6,7)2(13)15-12/h12H2,1H3. The molecule has 0 radical (unpaired) electrons. The van der Waals surface area contributed by atoms with Gasteiger partial charge in [0.25, 0.3) is 0 Å². The zero-order valence-corrected chi connectivity index (χ0v) is 7.48. The molecule has 0 aromatic carbocycles. The van der Waals surface area contributed by atoms with E-state index >= 15 is 0 Å². The van der Waals surface area contributed by atoms with Crippen LogP contribution in [0.3, 0.4) is 0 Å². The van der Waals surface area contributed by atoms with E-state index in [1.54, 1.807) is 0 Å². The predicted molar refractivity (Wildman–Crippen MR) is 33.2 cm³/mol. The Hall–Kier alpha value is -1.07. The smallest absolute Gasteiger partial charge is 0.367 e. The van der Waals surface area contributed by atoms with E-state index in [2.05, 4.69) is 20.2 Å². The first-order valence-electron chi connectivity index (χ1n) is 3.30. The Kier molecular flexibility index (Phi) is 4.13. The Morgan fingerprint density at radius 2 is 1.50 bits per heavy atom. The fraction of sp³-hybridized carbons (Fsp3) is 0.800. The fourth-order valence-corrected chi connectivity index (χ4v) is 0.449. The lowest BCUT2D eigenvalue weighted by Gasteiger charge is -2.26. The number of hydrogen-bond donors (Lipinski definition) is 1. The zero-order chi connectivity index (χ0) is 13.2. The molecule has 0 aromatic rings. The highest BCUT2D eigenvalue weighted by molar-refractivity contribution is 5.75. The van der Waals surface area contributed by atoms with Gasteiger partial charge in [0, 0.05) is 7.11 Å². The summed E-state index contributed by atoms with van der Waals surface area (Å²) < 4.78 is 79.1. The van der Waals surface area contributed by atoms with E-state index in [4.69, 9.17) is 0 Å². The molecule has 0 saturated heterocycles. The number of alkyl halides is 6. The molecule has 0 saturated carbocycles. The monoisotopic (exact) mass is 257 g/mol. The molecule has 11 heteroatoms. The number of nitrogens with two attached hydrogens (primary N) is 1. The van der Waals surface area contributed by atoms with Crippen molar-refractivity contribution in [3.63, 3.8) is 0 Å². The van der Waals surface area contributed by atoms with Crippen molar-refractivity contribution in [2.75, 3.05) is 7.11 Å². The van der Waals surface area contributed by atoms with Crippen LogP contribution in [0.1, 0.15) is 0 Å². The molecule has 0 unspecified atom stereocenters. The number of carbonyl (C=O) groups excluding carboxylic acids is 1. The zero-order valence-electron chi connectivity index (χ0n) is 7.48. The summed E-state index contributed by atoms with van der Waals surface area (Å²) in [6, 6.07) is 0. The Labute approximate surface area is 84.0 Å². The first-order valence-corrected chi connectivity index (χ1v) is 3.30. The molecule has 0 aliphatic heterocycles. The number of ether oxygens (including phenoxy) is 2. The second-order valence-corrected chi connectivity index (χ2v) is 2.26. The molecule has 0 aliphatic rings. The molecular formula is C5H5F6NO4. The van der Waals surface area contributed by atoms with Crippen molar-refractivity contribution >= 4 is 5.97 Å². The molecule has 16 heavy (non-hydrogen) atoms. The lowest BCUT2D eigenvalue weighted by atomic mass is 10.5. The summed E-state index contributed by atoms with van der Waals surface area (Å²) in [5.74, 6) is 1.18. The minimum atomic E-state index is -5.75. The van der Waals surface area contributed by atoms with Crippen molar-refractivity contribution < 1.29 is 45.4 Å². The fourth-order valence-electron chi connectivity index (χ4n) is 0.449. The summed E-state index contributed by atoms with van der Waals surface area (Å²) in [7, 11) is 0.122. The van der Waals surface area contributed by atoms with Crippen LogP contribution in [-0.4, -0.2) is 31.4 Å². The first-order chi connectivity index (χ1) is 7.00. The van der Waals surface area contributed by atoms with Crippen LogP contribution in [0, 0.1) is 0 Å². The summed E-state index contributed by atoms with van der Waals surface area (Å²) in [5, 5.41) is 0. The minimum Gasteiger partial charge on any atom is -0.367 e. The van der Waals surface area contributed by atoms with Crippen LogP contribution in [0.5, 0.6) is 0 Å². The van der Waals surface area contributed by atoms with E-state index in [9.17, 15) is 31.1 Å². The van der Waals surface area contributed by atoms with E-state index < -0.39 is 24.3 Å². The number of carbonyl (C=O) groups is 1. The van der Waals surface area contributed by atoms with Crippen molar-refractivity contribution in [1.82, 2.24) is 0 Å². The highest BCUT2D eigenvalue weighted by Gasteiger charge is 2.65. The Morgan fingerprint density at radius 1 is 1.06 bits per heavy atom. The van der Waals surface area contributed by atoms with Gasteiger partial charge in [-0.2, -0.15) is 32.2 Å².